The number of carbonyl (C=O) groups excluding carboxylic acids is 1. The highest BCUT2D eigenvalue weighted by Crippen LogP contribution is 2.17. The lowest BCUT2D eigenvalue weighted by molar-refractivity contribution is -0.143. The SMILES string of the molecule is CCC(=O)O/N=C(\N)Cc1noc2ccccc12. The maximum Gasteiger partial charge on any atom is 0.334 e. The van der Waals surface area contributed by atoms with Gasteiger partial charge in [0.1, 0.15) is 5.84 Å². The van der Waals surface area contributed by atoms with Crippen molar-refractivity contribution in [2.24, 2.45) is 10.9 Å². The molecule has 2 N–H and O–H groups in total. The van der Waals surface area contributed by atoms with Crippen LogP contribution in [0.2, 0.25) is 0 Å². The molecule has 6 nitrogen and oxygen atoms in total. The van der Waals surface area contributed by atoms with Gasteiger partial charge in [0, 0.05) is 11.8 Å². The Morgan fingerprint density at radius 2 is 2.28 bits per heavy atom. The number of oxime groups is 1. The van der Waals surface area contributed by atoms with E-state index in [1.807, 2.05) is 24.3 Å². The Labute approximate surface area is 103 Å². The minimum absolute atomic E-state index is 0.177. The van der Waals surface area contributed by atoms with Gasteiger partial charge in [-0.1, -0.05) is 29.4 Å². The van der Waals surface area contributed by atoms with Crippen molar-refractivity contribution in [2.75, 3.05) is 0 Å². The van der Waals surface area contributed by atoms with Crippen molar-refractivity contribution in [1.82, 2.24) is 5.16 Å². The van der Waals surface area contributed by atoms with E-state index in [0.717, 1.165) is 5.39 Å². The maximum absolute atomic E-state index is 10.9. The first-order chi connectivity index (χ1) is 8.70. The second kappa shape index (κ2) is 5.31. The molecule has 0 aliphatic rings. The Kier molecular flexibility index (Phi) is 3.57. The molecule has 0 amide bonds. The van der Waals surface area contributed by atoms with Crippen LogP contribution < -0.4 is 5.73 Å². The lowest BCUT2D eigenvalue weighted by Gasteiger charge is -1.97. The van der Waals surface area contributed by atoms with Crippen molar-refractivity contribution in [1.29, 1.82) is 0 Å². The topological polar surface area (TPSA) is 90.7 Å². The van der Waals surface area contributed by atoms with Crippen molar-refractivity contribution < 1.29 is 14.2 Å². The Balaban J connectivity index is 2.11. The molecule has 1 aromatic carbocycles. The number of aromatic nitrogens is 1. The molecule has 2 aromatic rings. The van der Waals surface area contributed by atoms with Crippen molar-refractivity contribution in [3.63, 3.8) is 0 Å². The molecule has 0 radical (unpaired) electrons. The number of para-hydroxylation sites is 1. The van der Waals surface area contributed by atoms with E-state index >= 15 is 0 Å². The average molecular weight is 247 g/mol. The van der Waals surface area contributed by atoms with Gasteiger partial charge < -0.3 is 15.1 Å². The average Bonchev–Trinajstić information content (AvgIpc) is 2.79. The normalized spacial score (nSPS) is 11.7. The Hall–Kier alpha value is -2.37. The quantitative estimate of drug-likeness (QED) is 0.383. The summed E-state index contributed by atoms with van der Waals surface area (Å²) in [6.07, 6.45) is 0.525. The molecule has 0 aliphatic heterocycles. The first kappa shape index (κ1) is 12.1. The largest absolute Gasteiger partial charge is 0.384 e. The Morgan fingerprint density at radius 1 is 1.50 bits per heavy atom. The van der Waals surface area contributed by atoms with Crippen molar-refractivity contribution in [2.45, 2.75) is 19.8 Å². The van der Waals surface area contributed by atoms with E-state index in [-0.39, 0.29) is 18.7 Å². The van der Waals surface area contributed by atoms with E-state index in [1.165, 1.54) is 0 Å². The predicted octanol–water partition coefficient (Wildman–Crippen LogP) is 1.60. The fourth-order valence-corrected chi connectivity index (χ4v) is 1.44. The first-order valence-electron chi connectivity index (χ1n) is 5.56. The standard InChI is InChI=1S/C12H13N3O3/c1-2-12(16)18-15-11(13)7-9-8-5-3-4-6-10(8)17-14-9/h3-6H,2,7H2,1H3,(H2,13,15). The van der Waals surface area contributed by atoms with Gasteiger partial charge in [0.25, 0.3) is 0 Å². The molecule has 1 aromatic heterocycles. The van der Waals surface area contributed by atoms with Crippen LogP contribution in [-0.2, 0) is 16.1 Å². The molecule has 1 heterocycles. The summed E-state index contributed by atoms with van der Waals surface area (Å²) >= 11 is 0. The third-order valence-corrected chi connectivity index (χ3v) is 2.35. The number of benzene rings is 1. The smallest absolute Gasteiger partial charge is 0.334 e. The van der Waals surface area contributed by atoms with Gasteiger partial charge >= 0.3 is 5.97 Å². The van der Waals surface area contributed by atoms with Crippen molar-refractivity contribution in [3.05, 3.63) is 30.0 Å². The molecular weight excluding hydrogens is 234 g/mol. The van der Waals surface area contributed by atoms with Gasteiger partial charge in [-0.25, -0.2) is 4.79 Å². The summed E-state index contributed by atoms with van der Waals surface area (Å²) in [5, 5.41) is 8.32. The molecule has 0 spiro atoms. The number of amidine groups is 1. The lowest BCUT2D eigenvalue weighted by Crippen LogP contribution is -2.16. The van der Waals surface area contributed by atoms with E-state index in [4.69, 9.17) is 10.3 Å². The van der Waals surface area contributed by atoms with Gasteiger partial charge in [-0.15, -0.1) is 0 Å². The number of hydrogen-bond donors (Lipinski definition) is 1. The molecule has 94 valence electrons. The van der Waals surface area contributed by atoms with Crippen LogP contribution in [0.15, 0.2) is 33.9 Å². The van der Waals surface area contributed by atoms with E-state index < -0.39 is 5.97 Å². The number of carbonyl (C=O) groups is 1. The summed E-state index contributed by atoms with van der Waals surface area (Å²) in [7, 11) is 0. The molecule has 0 bridgehead atoms. The molecule has 0 fully saturated rings. The zero-order valence-corrected chi connectivity index (χ0v) is 9.92. The van der Waals surface area contributed by atoms with Crippen LogP contribution in [0, 0.1) is 0 Å². The highest BCUT2D eigenvalue weighted by molar-refractivity contribution is 5.88. The Bertz CT molecular complexity index is 589. The minimum atomic E-state index is -0.428. The van der Waals surface area contributed by atoms with Gasteiger partial charge in [-0.05, 0) is 12.1 Å². The number of hydrogen-bond acceptors (Lipinski definition) is 5. The number of fused-ring (bicyclic) bond motifs is 1. The van der Waals surface area contributed by atoms with Crippen LogP contribution >= 0.6 is 0 Å². The van der Waals surface area contributed by atoms with Crippen LogP contribution in [0.4, 0.5) is 0 Å². The molecule has 0 unspecified atom stereocenters. The maximum atomic E-state index is 10.9. The summed E-state index contributed by atoms with van der Waals surface area (Å²) in [6, 6.07) is 7.44. The zero-order valence-electron chi connectivity index (χ0n) is 9.92. The van der Waals surface area contributed by atoms with Gasteiger partial charge in [-0.2, -0.15) is 0 Å². The van der Waals surface area contributed by atoms with E-state index in [2.05, 4.69) is 15.1 Å². The summed E-state index contributed by atoms with van der Waals surface area (Å²) in [6.45, 7) is 1.68. The van der Waals surface area contributed by atoms with Crippen LogP contribution in [0.5, 0.6) is 0 Å². The molecule has 0 atom stereocenters. The highest BCUT2D eigenvalue weighted by atomic mass is 16.7. The first-order valence-corrected chi connectivity index (χ1v) is 5.56. The van der Waals surface area contributed by atoms with Crippen molar-refractivity contribution in [3.8, 4) is 0 Å². The van der Waals surface area contributed by atoms with Gasteiger partial charge in [0.15, 0.2) is 5.58 Å². The van der Waals surface area contributed by atoms with Crippen molar-refractivity contribution >= 4 is 22.8 Å². The van der Waals surface area contributed by atoms with Crippen LogP contribution in [0.1, 0.15) is 19.0 Å². The third kappa shape index (κ3) is 2.65. The fourth-order valence-electron chi connectivity index (χ4n) is 1.44. The second-order valence-corrected chi connectivity index (χ2v) is 3.70. The Morgan fingerprint density at radius 3 is 3.06 bits per heavy atom. The zero-order chi connectivity index (χ0) is 13.0. The fraction of sp³-hybridized carbons (Fsp3) is 0.250. The molecular formula is C12H13N3O3. The van der Waals surface area contributed by atoms with E-state index in [9.17, 15) is 4.79 Å². The third-order valence-electron chi connectivity index (χ3n) is 2.35. The van der Waals surface area contributed by atoms with Gasteiger partial charge in [0.2, 0.25) is 0 Å². The molecule has 6 heteroatoms. The molecule has 2 rings (SSSR count). The van der Waals surface area contributed by atoms with E-state index in [0.29, 0.717) is 11.3 Å². The number of nitrogens with two attached hydrogens (primary N) is 1. The summed E-state index contributed by atoms with van der Waals surface area (Å²) in [4.78, 5) is 15.5. The minimum Gasteiger partial charge on any atom is -0.384 e. The van der Waals surface area contributed by atoms with E-state index in [1.54, 1.807) is 6.92 Å². The highest BCUT2D eigenvalue weighted by Gasteiger charge is 2.09. The summed E-state index contributed by atoms with van der Waals surface area (Å²) < 4.78 is 5.13. The predicted molar refractivity (Wildman–Crippen MR) is 65.7 cm³/mol. The van der Waals surface area contributed by atoms with Gasteiger partial charge in [-0.3, -0.25) is 0 Å². The molecule has 18 heavy (non-hydrogen) atoms. The van der Waals surface area contributed by atoms with Crippen LogP contribution in [0.25, 0.3) is 11.0 Å². The van der Waals surface area contributed by atoms with Gasteiger partial charge in [0.05, 0.1) is 12.1 Å². The monoisotopic (exact) mass is 247 g/mol. The summed E-state index contributed by atoms with van der Waals surface area (Å²) in [5.41, 5.74) is 7.00. The molecule has 0 saturated carbocycles. The second-order valence-electron chi connectivity index (χ2n) is 3.70. The lowest BCUT2D eigenvalue weighted by atomic mass is 10.2. The molecule has 0 aliphatic carbocycles. The molecule has 0 saturated heterocycles. The number of rotatable bonds is 4. The summed E-state index contributed by atoms with van der Waals surface area (Å²) in [5.74, 6) is -0.251. The van der Waals surface area contributed by atoms with Crippen LogP contribution in [-0.4, -0.2) is 17.0 Å². The number of nitrogens with zero attached hydrogens (tertiary/aromatic N) is 2. The van der Waals surface area contributed by atoms with Crippen LogP contribution in [0.3, 0.4) is 0 Å².